The minimum Gasteiger partial charge on any atom is -0.376 e. The Hall–Kier alpha value is -1.82. The first-order valence-electron chi connectivity index (χ1n) is 6.61. The van der Waals surface area contributed by atoms with Crippen molar-refractivity contribution in [3.63, 3.8) is 0 Å². The normalized spacial score (nSPS) is 11.2. The van der Waals surface area contributed by atoms with Gasteiger partial charge in [0.25, 0.3) is 0 Å². The molecule has 2 N–H and O–H groups in total. The summed E-state index contributed by atoms with van der Waals surface area (Å²) >= 11 is 3.36. The van der Waals surface area contributed by atoms with Crippen molar-refractivity contribution in [2.45, 2.75) is 26.2 Å². The van der Waals surface area contributed by atoms with Gasteiger partial charge >= 0.3 is 0 Å². The minimum atomic E-state index is -0.186. The zero-order valence-corrected chi connectivity index (χ0v) is 13.8. The lowest BCUT2D eigenvalue weighted by Gasteiger charge is -2.12. The van der Waals surface area contributed by atoms with Crippen molar-refractivity contribution in [1.29, 1.82) is 0 Å². The first kappa shape index (κ1) is 15.6. The summed E-state index contributed by atoms with van der Waals surface area (Å²) in [5, 5.41) is 9.66. The number of nitrogens with zero attached hydrogens (tertiary/aromatic N) is 1. The van der Waals surface area contributed by atoms with E-state index >= 15 is 0 Å². The van der Waals surface area contributed by atoms with Crippen molar-refractivity contribution < 1.29 is 9.32 Å². The summed E-state index contributed by atoms with van der Waals surface area (Å²) < 4.78 is 6.11. The molecule has 112 valence electrons. The van der Waals surface area contributed by atoms with Gasteiger partial charge in [0.05, 0.1) is 12.2 Å². The second-order valence-corrected chi connectivity index (χ2v) is 6.65. The van der Waals surface area contributed by atoms with Gasteiger partial charge in [-0.2, -0.15) is 0 Å². The van der Waals surface area contributed by atoms with Crippen molar-refractivity contribution in [3.8, 4) is 0 Å². The highest BCUT2D eigenvalue weighted by Crippen LogP contribution is 2.23. The summed E-state index contributed by atoms with van der Waals surface area (Å²) in [7, 11) is 0. The lowest BCUT2D eigenvalue weighted by Crippen LogP contribution is -2.21. The Morgan fingerprint density at radius 1 is 1.29 bits per heavy atom. The van der Waals surface area contributed by atoms with Gasteiger partial charge in [-0.3, -0.25) is 10.1 Å². The van der Waals surface area contributed by atoms with E-state index in [4.69, 9.17) is 4.52 Å². The Labute approximate surface area is 132 Å². The number of benzene rings is 1. The van der Waals surface area contributed by atoms with E-state index in [1.165, 1.54) is 0 Å². The monoisotopic (exact) mass is 351 g/mol. The van der Waals surface area contributed by atoms with Gasteiger partial charge in [-0.25, -0.2) is 0 Å². The zero-order valence-electron chi connectivity index (χ0n) is 12.2. The van der Waals surface area contributed by atoms with Crippen LogP contribution in [0.15, 0.2) is 39.3 Å². The number of hydrogen-bond donors (Lipinski definition) is 2. The van der Waals surface area contributed by atoms with Crippen LogP contribution in [-0.2, 0) is 10.2 Å². The molecule has 0 bridgehead atoms. The average Bonchev–Trinajstić information content (AvgIpc) is 2.86. The van der Waals surface area contributed by atoms with Gasteiger partial charge in [-0.05, 0) is 24.3 Å². The van der Waals surface area contributed by atoms with Gasteiger partial charge < -0.3 is 9.84 Å². The highest BCUT2D eigenvalue weighted by Gasteiger charge is 2.19. The number of aromatic nitrogens is 1. The molecular formula is C15H18BrN3O2. The predicted octanol–water partition coefficient (Wildman–Crippen LogP) is 3.79. The number of hydrogen-bond acceptors (Lipinski definition) is 4. The number of nitrogens with one attached hydrogen (secondary N) is 2. The van der Waals surface area contributed by atoms with E-state index < -0.39 is 0 Å². The molecule has 1 heterocycles. The second-order valence-electron chi connectivity index (χ2n) is 5.74. The van der Waals surface area contributed by atoms with Gasteiger partial charge in [0.15, 0.2) is 0 Å². The molecule has 2 aromatic rings. The fourth-order valence-electron chi connectivity index (χ4n) is 1.62. The highest BCUT2D eigenvalue weighted by atomic mass is 79.9. The molecule has 0 spiro atoms. The summed E-state index contributed by atoms with van der Waals surface area (Å²) in [4.78, 5) is 11.8. The molecular weight excluding hydrogens is 334 g/mol. The van der Waals surface area contributed by atoms with Crippen LogP contribution in [0.4, 0.5) is 11.6 Å². The third kappa shape index (κ3) is 4.60. The van der Waals surface area contributed by atoms with Gasteiger partial charge in [-0.15, -0.1) is 0 Å². The molecule has 0 atom stereocenters. The third-order valence-corrected chi connectivity index (χ3v) is 3.37. The predicted molar refractivity (Wildman–Crippen MR) is 86.5 cm³/mol. The second kappa shape index (κ2) is 6.30. The SMILES string of the molecule is CC(C)(C)c1cc(NC(=O)CNc2ccc(Br)cc2)on1. The summed E-state index contributed by atoms with van der Waals surface area (Å²) in [5.41, 5.74) is 1.57. The standard InChI is InChI=1S/C15H18BrN3O2/c1-15(2,3)12-8-14(21-19-12)18-13(20)9-17-11-6-4-10(16)5-7-11/h4-8,17H,9H2,1-3H3,(H,18,20). The van der Waals surface area contributed by atoms with Gasteiger partial charge in [0.2, 0.25) is 11.8 Å². The van der Waals surface area contributed by atoms with Crippen LogP contribution in [0.3, 0.4) is 0 Å². The summed E-state index contributed by atoms with van der Waals surface area (Å²) in [6.07, 6.45) is 0. The smallest absolute Gasteiger partial charge is 0.246 e. The van der Waals surface area contributed by atoms with Gasteiger partial charge in [0.1, 0.15) is 0 Å². The number of carbonyl (C=O) groups excluding carboxylic acids is 1. The molecule has 1 amide bonds. The molecule has 2 rings (SSSR count). The Morgan fingerprint density at radius 2 is 1.95 bits per heavy atom. The van der Waals surface area contributed by atoms with Gasteiger partial charge in [0, 0.05) is 21.6 Å². The maximum Gasteiger partial charge on any atom is 0.246 e. The molecule has 0 radical (unpaired) electrons. The largest absolute Gasteiger partial charge is 0.376 e. The van der Waals surface area contributed by atoms with E-state index in [1.807, 2.05) is 45.0 Å². The van der Waals surface area contributed by atoms with Crippen LogP contribution < -0.4 is 10.6 Å². The lowest BCUT2D eigenvalue weighted by molar-refractivity contribution is -0.114. The molecule has 0 aliphatic heterocycles. The number of rotatable bonds is 4. The van der Waals surface area contributed by atoms with E-state index in [0.717, 1.165) is 15.9 Å². The van der Waals surface area contributed by atoms with Crippen LogP contribution in [-0.4, -0.2) is 17.6 Å². The van der Waals surface area contributed by atoms with E-state index in [1.54, 1.807) is 6.07 Å². The number of amides is 1. The fourth-order valence-corrected chi connectivity index (χ4v) is 1.88. The van der Waals surface area contributed by atoms with Crippen LogP contribution in [0.1, 0.15) is 26.5 Å². The van der Waals surface area contributed by atoms with E-state index in [-0.39, 0.29) is 17.9 Å². The molecule has 1 aromatic heterocycles. The Balaban J connectivity index is 1.87. The van der Waals surface area contributed by atoms with Crippen LogP contribution in [0.25, 0.3) is 0 Å². The summed E-state index contributed by atoms with van der Waals surface area (Å²) in [6, 6.07) is 9.35. The van der Waals surface area contributed by atoms with Crippen molar-refractivity contribution in [2.24, 2.45) is 0 Å². The molecule has 0 aliphatic rings. The molecule has 0 saturated carbocycles. The Morgan fingerprint density at radius 3 is 2.52 bits per heavy atom. The molecule has 0 saturated heterocycles. The fraction of sp³-hybridized carbons (Fsp3) is 0.333. The molecule has 21 heavy (non-hydrogen) atoms. The molecule has 6 heteroatoms. The summed E-state index contributed by atoms with van der Waals surface area (Å²) in [6.45, 7) is 6.26. The maximum absolute atomic E-state index is 11.8. The number of anilines is 2. The number of halogens is 1. The van der Waals surface area contributed by atoms with Gasteiger partial charge in [-0.1, -0.05) is 41.9 Å². The minimum absolute atomic E-state index is 0.109. The lowest BCUT2D eigenvalue weighted by atomic mass is 9.92. The molecule has 0 unspecified atom stereocenters. The molecule has 5 nitrogen and oxygen atoms in total. The quantitative estimate of drug-likeness (QED) is 0.879. The van der Waals surface area contributed by atoms with Crippen LogP contribution >= 0.6 is 15.9 Å². The van der Waals surface area contributed by atoms with Crippen molar-refractivity contribution in [1.82, 2.24) is 5.16 Å². The van der Waals surface area contributed by atoms with Crippen molar-refractivity contribution in [2.75, 3.05) is 17.2 Å². The molecule has 0 aliphatic carbocycles. The van der Waals surface area contributed by atoms with E-state index in [9.17, 15) is 4.79 Å². The third-order valence-electron chi connectivity index (χ3n) is 2.84. The maximum atomic E-state index is 11.8. The highest BCUT2D eigenvalue weighted by molar-refractivity contribution is 9.10. The Bertz CT molecular complexity index is 615. The Kier molecular flexibility index (Phi) is 4.67. The van der Waals surface area contributed by atoms with Crippen molar-refractivity contribution >= 4 is 33.4 Å². The van der Waals surface area contributed by atoms with E-state index in [2.05, 4.69) is 31.7 Å². The topological polar surface area (TPSA) is 67.2 Å². The average molecular weight is 352 g/mol. The van der Waals surface area contributed by atoms with E-state index in [0.29, 0.717) is 5.88 Å². The van der Waals surface area contributed by atoms with Crippen LogP contribution in [0.2, 0.25) is 0 Å². The first-order chi connectivity index (χ1) is 9.84. The molecule has 0 fully saturated rings. The summed E-state index contributed by atoms with van der Waals surface area (Å²) in [5.74, 6) is 0.178. The van der Waals surface area contributed by atoms with Crippen molar-refractivity contribution in [3.05, 3.63) is 40.5 Å². The zero-order chi connectivity index (χ0) is 15.5. The van der Waals surface area contributed by atoms with Crippen LogP contribution in [0.5, 0.6) is 0 Å². The number of carbonyl (C=O) groups is 1. The molecule has 1 aromatic carbocycles. The first-order valence-corrected chi connectivity index (χ1v) is 7.40. The van der Waals surface area contributed by atoms with Crippen LogP contribution in [0, 0.1) is 0 Å².